The molecule has 0 fully saturated rings. The number of benzene rings is 4. The van der Waals surface area contributed by atoms with Crippen LogP contribution in [-0.2, 0) is 23.7 Å². The zero-order chi connectivity index (χ0) is 41.5. The fraction of sp³-hybridized carbons (Fsp3) is 0.520. The van der Waals surface area contributed by atoms with Crippen molar-refractivity contribution in [2.75, 3.05) is 0 Å². The first-order valence-corrected chi connectivity index (χ1v) is 22.8. The summed E-state index contributed by atoms with van der Waals surface area (Å²) in [6, 6.07) is 19.9. The first kappa shape index (κ1) is 47.2. The van der Waals surface area contributed by atoms with E-state index in [9.17, 15) is 20.4 Å². The Morgan fingerprint density at radius 3 is 1.12 bits per heavy atom. The van der Waals surface area contributed by atoms with Crippen molar-refractivity contribution in [3.63, 3.8) is 0 Å². The monoisotopic (exact) mass is 800 g/mol. The summed E-state index contributed by atoms with van der Waals surface area (Å²) >= 11 is 2.90. The van der Waals surface area contributed by atoms with Gasteiger partial charge in [0.15, 0.2) is 0 Å². The minimum absolute atomic E-state index is 0.142. The molecule has 4 aromatic carbocycles. The zero-order valence-electron chi connectivity index (χ0n) is 36.3. The summed E-state index contributed by atoms with van der Waals surface area (Å²) in [6.45, 7) is 21.1. The van der Waals surface area contributed by atoms with Gasteiger partial charge < -0.3 is 20.4 Å². The Morgan fingerprint density at radius 2 is 0.768 bits per heavy atom. The number of aryl methyl sites for hydroxylation is 4. The number of aromatic hydroxyl groups is 4. The summed E-state index contributed by atoms with van der Waals surface area (Å²) in [7, 11) is 0. The lowest BCUT2D eigenvalue weighted by Gasteiger charge is -2.24. The Labute approximate surface area is 349 Å². The summed E-state index contributed by atoms with van der Waals surface area (Å²) in [5.74, 6) is 1.19. The number of unbranched alkanes of at least 4 members (excludes halogenated alkanes) is 10. The minimum Gasteiger partial charge on any atom is -0.507 e. The molecule has 4 aromatic rings. The first-order valence-electron chi connectivity index (χ1n) is 21.1. The fourth-order valence-corrected chi connectivity index (χ4v) is 8.98. The van der Waals surface area contributed by atoms with E-state index in [1.165, 1.54) is 112 Å². The van der Waals surface area contributed by atoms with Crippen LogP contribution in [0.3, 0.4) is 0 Å². The van der Waals surface area contributed by atoms with Crippen LogP contribution in [0.5, 0.6) is 23.0 Å². The smallest absolute Gasteiger partial charge is 0.133 e. The molecule has 4 nitrogen and oxygen atoms in total. The minimum atomic E-state index is -0.142. The van der Waals surface area contributed by atoms with Crippen molar-refractivity contribution in [2.45, 2.75) is 190 Å². The molecule has 0 radical (unpaired) electrons. The number of hydrogen-bond acceptors (Lipinski definition) is 6. The number of phenols is 4. The Bertz CT molecular complexity index is 1680. The summed E-state index contributed by atoms with van der Waals surface area (Å²) in [6.07, 6.45) is 17.5. The van der Waals surface area contributed by atoms with E-state index >= 15 is 0 Å². The van der Waals surface area contributed by atoms with Crippen molar-refractivity contribution < 1.29 is 20.4 Å². The van der Waals surface area contributed by atoms with Crippen LogP contribution in [0.25, 0.3) is 0 Å². The molecule has 56 heavy (non-hydrogen) atoms. The van der Waals surface area contributed by atoms with Crippen LogP contribution in [0.2, 0.25) is 0 Å². The Kier molecular flexibility index (Phi) is 19.1. The maximum Gasteiger partial charge on any atom is 0.133 e. The van der Waals surface area contributed by atoms with Crippen LogP contribution >= 0.6 is 23.5 Å². The van der Waals surface area contributed by atoms with E-state index in [0.717, 1.165) is 54.7 Å². The van der Waals surface area contributed by atoms with E-state index in [1.54, 1.807) is 12.1 Å². The topological polar surface area (TPSA) is 80.9 Å². The van der Waals surface area contributed by atoms with Crippen LogP contribution in [0, 0.1) is 13.8 Å². The highest BCUT2D eigenvalue weighted by atomic mass is 32.2. The molecule has 0 aliphatic rings. The van der Waals surface area contributed by atoms with Crippen molar-refractivity contribution in [1.82, 2.24) is 0 Å². The van der Waals surface area contributed by atoms with Crippen molar-refractivity contribution in [3.8, 4) is 23.0 Å². The Morgan fingerprint density at radius 1 is 0.429 bits per heavy atom. The molecule has 0 aliphatic carbocycles. The third-order valence-corrected chi connectivity index (χ3v) is 12.3. The second kappa shape index (κ2) is 22.6. The first-order chi connectivity index (χ1) is 26.4. The maximum absolute atomic E-state index is 10.8. The average Bonchev–Trinajstić information content (AvgIpc) is 3.12. The molecule has 0 saturated carbocycles. The van der Waals surface area contributed by atoms with Gasteiger partial charge in [0.1, 0.15) is 23.0 Å². The summed E-state index contributed by atoms with van der Waals surface area (Å²) in [5, 5.41) is 42.3. The molecule has 308 valence electrons. The highest BCUT2D eigenvalue weighted by Crippen LogP contribution is 2.47. The molecule has 0 unspecified atom stereocenters. The van der Waals surface area contributed by atoms with Gasteiger partial charge >= 0.3 is 0 Å². The predicted molar refractivity (Wildman–Crippen MR) is 242 cm³/mol. The molecule has 4 rings (SSSR count). The van der Waals surface area contributed by atoms with Gasteiger partial charge in [0, 0.05) is 11.1 Å². The van der Waals surface area contributed by atoms with Crippen LogP contribution in [0.15, 0.2) is 80.2 Å². The van der Waals surface area contributed by atoms with E-state index in [0.29, 0.717) is 11.5 Å². The number of rotatable bonds is 18. The molecule has 0 bridgehead atoms. The van der Waals surface area contributed by atoms with Crippen molar-refractivity contribution in [3.05, 3.63) is 94.0 Å². The summed E-state index contributed by atoms with van der Waals surface area (Å²) in [5.41, 5.74) is 6.31. The van der Waals surface area contributed by atoms with Crippen molar-refractivity contribution in [1.29, 1.82) is 0 Å². The van der Waals surface area contributed by atoms with Gasteiger partial charge in [0.2, 0.25) is 0 Å². The second-order valence-corrected chi connectivity index (χ2v) is 19.8. The lowest BCUT2D eigenvalue weighted by molar-refractivity contribution is 0.432. The molecule has 6 heteroatoms. The quantitative estimate of drug-likeness (QED) is 0.0751. The van der Waals surface area contributed by atoms with E-state index in [-0.39, 0.29) is 22.3 Å². The van der Waals surface area contributed by atoms with Gasteiger partial charge in [-0.15, -0.1) is 0 Å². The molecule has 0 heterocycles. The normalized spacial score (nSPS) is 11.8. The van der Waals surface area contributed by atoms with E-state index in [4.69, 9.17) is 0 Å². The second-order valence-electron chi connectivity index (χ2n) is 17.7. The predicted octanol–water partition coefficient (Wildman–Crippen LogP) is 15.5. The highest BCUT2D eigenvalue weighted by molar-refractivity contribution is 7.99. The highest BCUT2D eigenvalue weighted by Gasteiger charge is 2.24. The molecule has 0 aromatic heterocycles. The van der Waals surface area contributed by atoms with Crippen LogP contribution in [-0.4, -0.2) is 20.4 Å². The van der Waals surface area contributed by atoms with Gasteiger partial charge in [-0.2, -0.15) is 0 Å². The molecular weight excluding hydrogens is 729 g/mol. The van der Waals surface area contributed by atoms with Crippen LogP contribution in [0.1, 0.15) is 166 Å². The van der Waals surface area contributed by atoms with Crippen molar-refractivity contribution in [2.24, 2.45) is 0 Å². The molecule has 0 spiro atoms. The van der Waals surface area contributed by atoms with E-state index in [2.05, 4.69) is 67.5 Å². The third-order valence-electron chi connectivity index (χ3n) is 10.2. The van der Waals surface area contributed by atoms with Crippen LogP contribution < -0.4 is 0 Å². The Balaban J connectivity index is 0.000000307. The molecule has 4 N–H and O–H groups in total. The summed E-state index contributed by atoms with van der Waals surface area (Å²) < 4.78 is 0. The lowest BCUT2D eigenvalue weighted by Crippen LogP contribution is -2.12. The van der Waals surface area contributed by atoms with Gasteiger partial charge in [-0.1, -0.05) is 167 Å². The number of hydrogen-bond donors (Lipinski definition) is 4. The van der Waals surface area contributed by atoms with Gasteiger partial charge in [-0.25, -0.2) is 0 Å². The van der Waals surface area contributed by atoms with Crippen molar-refractivity contribution >= 4 is 23.5 Å². The molecule has 0 saturated heterocycles. The van der Waals surface area contributed by atoms with E-state index < -0.39 is 0 Å². The fourth-order valence-electron chi connectivity index (χ4n) is 6.84. The maximum atomic E-state index is 10.8. The van der Waals surface area contributed by atoms with Gasteiger partial charge in [-0.3, -0.25) is 0 Å². The summed E-state index contributed by atoms with van der Waals surface area (Å²) in [4.78, 5) is 3.22. The van der Waals surface area contributed by atoms with Crippen LogP contribution in [0.4, 0.5) is 0 Å². The average molecular weight is 801 g/mol. The largest absolute Gasteiger partial charge is 0.507 e. The van der Waals surface area contributed by atoms with Gasteiger partial charge in [0.05, 0.1) is 19.6 Å². The SMILES string of the molecule is CCCCCCCCc1ccc(O)c(Sc2cc(CCCCCCCC)ccc2O)c1.Cc1cc(Sc2cc(C)cc(C(C)(C)C)c2O)c(O)c(C(C)(C)C)c1. The molecule has 0 amide bonds. The Hall–Kier alpha value is -3.22. The van der Waals surface area contributed by atoms with Gasteiger partial charge in [0.25, 0.3) is 0 Å². The molecular formula is C50H72O4S2. The van der Waals surface area contributed by atoms with E-state index in [1.807, 2.05) is 50.2 Å². The third kappa shape index (κ3) is 15.3. The number of phenolic OH excluding ortho intramolecular Hbond substituents is 4. The van der Waals surface area contributed by atoms with Gasteiger partial charge in [-0.05, 0) is 109 Å². The standard InChI is InChI=1S/C28H42O2S.C22H30O2S/c1-3-5-7-9-11-13-15-23-17-19-25(29)27(21-23)31-28-22-24(18-20-26(28)30)16-14-12-10-8-6-4-2;1-13-9-15(21(3,4)5)19(23)17(11-13)25-18-12-14(2)10-16(20(18)24)22(6,7)8/h17-22,29-30H,3-16H2,1-2H3;9-12,23-24H,1-8H3. The lowest BCUT2D eigenvalue weighted by atomic mass is 9.85. The molecule has 0 aliphatic heterocycles. The zero-order valence-corrected chi connectivity index (χ0v) is 37.9. The molecule has 0 atom stereocenters.